The largest absolute Gasteiger partial charge is 0.490 e. The van der Waals surface area contributed by atoms with Gasteiger partial charge in [0.05, 0.1) is 11.1 Å². The average Bonchev–Trinajstić information content (AvgIpc) is 2.98. The molecule has 5 nitrogen and oxygen atoms in total. The topological polar surface area (TPSA) is 55.8 Å². The number of carbonyl (C=O) groups is 2. The minimum absolute atomic E-state index is 0.125. The lowest BCUT2D eigenvalue weighted by molar-refractivity contribution is -0.117. The molecule has 0 atom stereocenters. The highest BCUT2D eigenvalue weighted by Gasteiger charge is 2.43. The summed E-state index contributed by atoms with van der Waals surface area (Å²) in [6, 6.07) is 21.8. The smallest absolute Gasteiger partial charge is 0.175 e. The molecule has 2 aliphatic carbocycles. The minimum Gasteiger partial charge on any atom is -0.490 e. The fourth-order valence-corrected chi connectivity index (χ4v) is 7.23. The van der Waals surface area contributed by atoms with E-state index in [4.69, 9.17) is 21.1 Å². The first-order chi connectivity index (χ1) is 20.4. The van der Waals surface area contributed by atoms with Gasteiger partial charge in [-0.3, -0.25) is 9.59 Å². The SMILES string of the molecule is CCOc1cc(C2C3=C(CCCC3=O)N(Cc3ccccc3)C3=C2C(=O)CCC3)cc(Br)c1OCc1cccc(Cl)c1. The van der Waals surface area contributed by atoms with Crippen LogP contribution in [-0.4, -0.2) is 23.1 Å². The maximum Gasteiger partial charge on any atom is 0.175 e. The van der Waals surface area contributed by atoms with Gasteiger partial charge in [-0.25, -0.2) is 0 Å². The quantitative estimate of drug-likeness (QED) is 0.245. The van der Waals surface area contributed by atoms with Gasteiger partial charge >= 0.3 is 0 Å². The third-order valence-corrected chi connectivity index (χ3v) is 9.03. The summed E-state index contributed by atoms with van der Waals surface area (Å²) in [5.41, 5.74) is 6.60. The summed E-state index contributed by atoms with van der Waals surface area (Å²) < 4.78 is 13.1. The number of benzene rings is 3. The molecule has 0 spiro atoms. The van der Waals surface area contributed by atoms with Crippen LogP contribution in [-0.2, 0) is 22.7 Å². The molecule has 3 aliphatic rings. The van der Waals surface area contributed by atoms with Crippen LogP contribution in [0.3, 0.4) is 0 Å². The van der Waals surface area contributed by atoms with Crippen LogP contribution >= 0.6 is 27.5 Å². The normalized spacial score (nSPS) is 17.4. The molecule has 1 aliphatic heterocycles. The van der Waals surface area contributed by atoms with Gasteiger partial charge in [-0.1, -0.05) is 54.1 Å². The van der Waals surface area contributed by atoms with Crippen molar-refractivity contribution >= 4 is 39.1 Å². The number of nitrogens with zero attached hydrogens (tertiary/aromatic N) is 1. The predicted molar refractivity (Wildman–Crippen MR) is 168 cm³/mol. The van der Waals surface area contributed by atoms with E-state index in [1.807, 2.05) is 61.5 Å². The van der Waals surface area contributed by atoms with Gasteiger partial charge in [0.15, 0.2) is 23.1 Å². The summed E-state index contributed by atoms with van der Waals surface area (Å²) in [5, 5.41) is 0.650. The zero-order valence-corrected chi connectivity index (χ0v) is 26.0. The van der Waals surface area contributed by atoms with Gasteiger partial charge in [-0.2, -0.15) is 0 Å². The van der Waals surface area contributed by atoms with Crippen molar-refractivity contribution in [3.8, 4) is 11.5 Å². The van der Waals surface area contributed by atoms with Crippen LogP contribution in [0.2, 0.25) is 5.02 Å². The molecule has 42 heavy (non-hydrogen) atoms. The maximum absolute atomic E-state index is 13.7. The van der Waals surface area contributed by atoms with Gasteiger partial charge < -0.3 is 14.4 Å². The van der Waals surface area contributed by atoms with Crippen LogP contribution in [0.5, 0.6) is 11.5 Å². The van der Waals surface area contributed by atoms with Crippen molar-refractivity contribution in [1.29, 1.82) is 0 Å². The second kappa shape index (κ2) is 12.5. The average molecular weight is 647 g/mol. The standard InChI is InChI=1S/C35H33BrClNO4/c1-2-41-31-19-24(18-26(36)35(31)42-21-23-11-6-12-25(37)17-23)32-33-27(13-7-15-29(33)39)38(20-22-9-4-3-5-10-22)28-14-8-16-30(40)34(28)32/h3-6,9-12,17-19,32H,2,7-8,13-16,20-21H2,1H3. The number of ketones is 2. The van der Waals surface area contributed by atoms with Gasteiger partial charge in [0.2, 0.25) is 0 Å². The second-order valence-corrected chi connectivity index (χ2v) is 12.3. The first-order valence-corrected chi connectivity index (χ1v) is 15.8. The van der Waals surface area contributed by atoms with E-state index in [1.165, 1.54) is 0 Å². The molecule has 1 heterocycles. The molecular formula is C35H33BrClNO4. The Hall–Kier alpha value is -3.35. The summed E-state index contributed by atoms with van der Waals surface area (Å²) in [6.45, 7) is 3.34. The number of allylic oxidation sites excluding steroid dienone is 4. The predicted octanol–water partition coefficient (Wildman–Crippen LogP) is 8.69. The summed E-state index contributed by atoms with van der Waals surface area (Å²) in [6.07, 6.45) is 4.25. The first-order valence-electron chi connectivity index (χ1n) is 14.6. The minimum atomic E-state index is -0.430. The van der Waals surface area contributed by atoms with E-state index in [9.17, 15) is 9.59 Å². The van der Waals surface area contributed by atoms with E-state index in [0.717, 1.165) is 64.9 Å². The van der Waals surface area contributed by atoms with Crippen LogP contribution in [0.4, 0.5) is 0 Å². The van der Waals surface area contributed by atoms with E-state index in [1.54, 1.807) is 0 Å². The third kappa shape index (κ3) is 5.67. The molecule has 3 aromatic rings. The zero-order valence-electron chi connectivity index (χ0n) is 23.6. The van der Waals surface area contributed by atoms with Crippen molar-refractivity contribution in [3.63, 3.8) is 0 Å². The number of carbonyl (C=O) groups excluding carboxylic acids is 2. The fourth-order valence-electron chi connectivity index (χ4n) is 6.45. The third-order valence-electron chi connectivity index (χ3n) is 8.21. The van der Waals surface area contributed by atoms with Gasteiger partial charge in [-0.15, -0.1) is 0 Å². The van der Waals surface area contributed by atoms with Crippen LogP contribution in [0, 0.1) is 0 Å². The lowest BCUT2D eigenvalue weighted by atomic mass is 9.71. The van der Waals surface area contributed by atoms with E-state index in [0.29, 0.717) is 53.6 Å². The van der Waals surface area contributed by atoms with Crippen molar-refractivity contribution in [2.24, 2.45) is 0 Å². The molecule has 3 aromatic carbocycles. The maximum atomic E-state index is 13.7. The van der Waals surface area contributed by atoms with Crippen LogP contribution < -0.4 is 9.47 Å². The number of Topliss-reactive ketones (excluding diaryl/α,β-unsaturated/α-hetero) is 2. The Balaban J connectivity index is 1.45. The Kier molecular flexibility index (Phi) is 8.55. The highest BCUT2D eigenvalue weighted by molar-refractivity contribution is 9.10. The van der Waals surface area contributed by atoms with E-state index >= 15 is 0 Å². The summed E-state index contributed by atoms with van der Waals surface area (Å²) >= 11 is 9.92. The molecule has 0 saturated carbocycles. The zero-order chi connectivity index (χ0) is 29.2. The molecule has 0 radical (unpaired) electrons. The Morgan fingerprint density at radius 3 is 2.14 bits per heavy atom. The fraction of sp³-hybridized carbons (Fsp3) is 0.314. The van der Waals surface area contributed by atoms with E-state index < -0.39 is 5.92 Å². The second-order valence-electron chi connectivity index (χ2n) is 11.0. The molecule has 0 bridgehead atoms. The highest BCUT2D eigenvalue weighted by atomic mass is 79.9. The highest BCUT2D eigenvalue weighted by Crippen LogP contribution is 2.51. The van der Waals surface area contributed by atoms with Crippen LogP contribution in [0.1, 0.15) is 68.1 Å². The Labute approximate surface area is 260 Å². The molecule has 0 amide bonds. The van der Waals surface area contributed by atoms with Crippen molar-refractivity contribution in [1.82, 2.24) is 4.90 Å². The Morgan fingerprint density at radius 1 is 0.833 bits per heavy atom. The van der Waals surface area contributed by atoms with E-state index in [-0.39, 0.29) is 11.6 Å². The Morgan fingerprint density at radius 2 is 1.50 bits per heavy atom. The first kappa shape index (κ1) is 28.8. The van der Waals surface area contributed by atoms with Crippen molar-refractivity contribution in [2.75, 3.05) is 6.61 Å². The molecule has 7 heteroatoms. The summed E-state index contributed by atoms with van der Waals surface area (Å²) in [7, 11) is 0. The molecule has 6 rings (SSSR count). The van der Waals surface area contributed by atoms with Crippen LogP contribution in [0.15, 0.2) is 93.7 Å². The van der Waals surface area contributed by atoms with Gasteiger partial charge in [0, 0.05) is 52.9 Å². The summed E-state index contributed by atoms with van der Waals surface area (Å²) in [5.74, 6) is 0.973. The molecular weight excluding hydrogens is 614 g/mol. The van der Waals surface area contributed by atoms with Crippen molar-refractivity contribution in [3.05, 3.63) is 115 Å². The van der Waals surface area contributed by atoms with Gasteiger partial charge in [-0.05, 0) is 89.5 Å². The molecule has 0 aromatic heterocycles. The number of hydrogen-bond acceptors (Lipinski definition) is 5. The number of rotatable bonds is 8. The van der Waals surface area contributed by atoms with Gasteiger partial charge in [0.25, 0.3) is 0 Å². The monoisotopic (exact) mass is 645 g/mol. The number of halogens is 2. The van der Waals surface area contributed by atoms with Crippen molar-refractivity contribution in [2.45, 2.75) is 64.5 Å². The molecule has 0 saturated heterocycles. The lowest BCUT2D eigenvalue weighted by Crippen LogP contribution is -2.38. The number of hydrogen-bond donors (Lipinski definition) is 0. The molecule has 0 N–H and O–H groups in total. The lowest BCUT2D eigenvalue weighted by Gasteiger charge is -2.44. The molecule has 0 unspecified atom stereocenters. The van der Waals surface area contributed by atoms with Gasteiger partial charge in [0.1, 0.15) is 6.61 Å². The molecule has 216 valence electrons. The van der Waals surface area contributed by atoms with E-state index in [2.05, 4.69) is 33.0 Å². The van der Waals surface area contributed by atoms with Crippen molar-refractivity contribution < 1.29 is 19.1 Å². The number of ether oxygens (including phenoxy) is 2. The summed E-state index contributed by atoms with van der Waals surface area (Å²) in [4.78, 5) is 29.8. The molecule has 0 fully saturated rings. The van der Waals surface area contributed by atoms with Crippen LogP contribution in [0.25, 0.3) is 0 Å². The Bertz CT molecular complexity index is 1550.